The van der Waals surface area contributed by atoms with E-state index in [-0.39, 0.29) is 0 Å². The topological polar surface area (TPSA) is 24.9 Å². The summed E-state index contributed by atoms with van der Waals surface area (Å²) < 4.78 is 0. The Bertz CT molecular complexity index is 549. The lowest BCUT2D eigenvalue weighted by Gasteiger charge is -2.24. The van der Waals surface area contributed by atoms with Crippen molar-refractivity contribution in [2.75, 3.05) is 6.54 Å². The van der Waals surface area contributed by atoms with E-state index < -0.39 is 0 Å². The molecule has 1 aromatic carbocycles. The summed E-state index contributed by atoms with van der Waals surface area (Å²) in [5.41, 5.74) is 5.43. The van der Waals surface area contributed by atoms with Gasteiger partial charge in [0.1, 0.15) is 0 Å². The molecule has 0 saturated carbocycles. The number of fused-ring (bicyclic) bond motifs is 1. The SMILES string of the molecule is CCNC(c1ccc(C)nc1)C1Cc2ccccc2C1. The smallest absolute Gasteiger partial charge is 0.0372 e. The van der Waals surface area contributed by atoms with Gasteiger partial charge in [0.25, 0.3) is 0 Å². The molecule has 2 nitrogen and oxygen atoms in total. The second kappa shape index (κ2) is 5.76. The van der Waals surface area contributed by atoms with E-state index in [4.69, 9.17) is 0 Å². The maximum Gasteiger partial charge on any atom is 0.0372 e. The second-order valence-corrected chi connectivity index (χ2v) is 5.71. The van der Waals surface area contributed by atoms with E-state index in [0.717, 1.165) is 12.2 Å². The van der Waals surface area contributed by atoms with Crippen molar-refractivity contribution in [3.63, 3.8) is 0 Å². The minimum absolute atomic E-state index is 0.403. The van der Waals surface area contributed by atoms with E-state index in [2.05, 4.69) is 53.6 Å². The Morgan fingerprint density at radius 2 is 1.85 bits per heavy atom. The highest BCUT2D eigenvalue weighted by Gasteiger charge is 2.29. The Kier molecular flexibility index (Phi) is 3.83. The van der Waals surface area contributed by atoms with E-state index >= 15 is 0 Å². The minimum atomic E-state index is 0.403. The third-order valence-electron chi connectivity index (χ3n) is 4.27. The van der Waals surface area contributed by atoms with Crippen LogP contribution in [0.1, 0.15) is 35.3 Å². The number of benzene rings is 1. The average molecular weight is 266 g/mol. The van der Waals surface area contributed by atoms with Gasteiger partial charge in [-0.15, -0.1) is 0 Å². The highest BCUT2D eigenvalue weighted by atomic mass is 14.9. The summed E-state index contributed by atoms with van der Waals surface area (Å²) in [5.74, 6) is 0.636. The highest BCUT2D eigenvalue weighted by Crippen LogP contribution is 2.35. The Hall–Kier alpha value is -1.67. The molecule has 1 unspecified atom stereocenters. The van der Waals surface area contributed by atoms with Crippen LogP contribution in [0.5, 0.6) is 0 Å². The van der Waals surface area contributed by atoms with Crippen LogP contribution in [0.15, 0.2) is 42.6 Å². The van der Waals surface area contributed by atoms with Gasteiger partial charge in [-0.1, -0.05) is 37.3 Å². The van der Waals surface area contributed by atoms with Crippen molar-refractivity contribution in [1.29, 1.82) is 0 Å². The molecule has 0 aliphatic heterocycles. The molecule has 0 bridgehead atoms. The molecule has 0 saturated heterocycles. The first-order chi connectivity index (χ1) is 9.78. The molecule has 1 aliphatic carbocycles. The van der Waals surface area contributed by atoms with E-state index in [9.17, 15) is 0 Å². The number of aromatic nitrogens is 1. The van der Waals surface area contributed by atoms with Gasteiger partial charge in [0.15, 0.2) is 0 Å². The first kappa shape index (κ1) is 13.3. The van der Waals surface area contributed by atoms with Gasteiger partial charge in [0.2, 0.25) is 0 Å². The summed E-state index contributed by atoms with van der Waals surface area (Å²) >= 11 is 0. The predicted molar refractivity (Wildman–Crippen MR) is 82.7 cm³/mol. The summed E-state index contributed by atoms with van der Waals surface area (Å²) in [7, 11) is 0. The number of rotatable bonds is 4. The van der Waals surface area contributed by atoms with Crippen molar-refractivity contribution < 1.29 is 0 Å². The van der Waals surface area contributed by atoms with Gasteiger partial charge in [-0.3, -0.25) is 4.98 Å². The van der Waals surface area contributed by atoms with Crippen molar-refractivity contribution >= 4 is 0 Å². The largest absolute Gasteiger partial charge is 0.310 e. The number of nitrogens with zero attached hydrogens (tertiary/aromatic N) is 1. The van der Waals surface area contributed by atoms with Gasteiger partial charge in [0.05, 0.1) is 0 Å². The molecule has 1 aromatic heterocycles. The van der Waals surface area contributed by atoms with Crippen LogP contribution in [0.25, 0.3) is 0 Å². The third kappa shape index (κ3) is 2.61. The zero-order chi connectivity index (χ0) is 13.9. The van der Waals surface area contributed by atoms with Crippen LogP contribution in [-0.4, -0.2) is 11.5 Å². The fourth-order valence-corrected chi connectivity index (χ4v) is 3.27. The monoisotopic (exact) mass is 266 g/mol. The zero-order valence-electron chi connectivity index (χ0n) is 12.3. The number of pyridine rings is 1. The molecule has 104 valence electrons. The fraction of sp³-hybridized carbons (Fsp3) is 0.389. The summed E-state index contributed by atoms with van der Waals surface area (Å²) in [4.78, 5) is 4.46. The summed E-state index contributed by atoms with van der Waals surface area (Å²) in [6, 6.07) is 13.6. The van der Waals surface area contributed by atoms with Gasteiger partial charge in [-0.25, -0.2) is 0 Å². The first-order valence-electron chi connectivity index (χ1n) is 7.50. The van der Waals surface area contributed by atoms with E-state index in [1.54, 1.807) is 0 Å². The average Bonchev–Trinajstić information content (AvgIpc) is 2.89. The predicted octanol–water partition coefficient (Wildman–Crippen LogP) is 3.46. The molecule has 2 aromatic rings. The van der Waals surface area contributed by atoms with Crippen LogP contribution in [0.4, 0.5) is 0 Å². The Labute approximate surface area is 121 Å². The van der Waals surface area contributed by atoms with Crippen molar-refractivity contribution in [2.45, 2.75) is 32.7 Å². The lowest BCUT2D eigenvalue weighted by Crippen LogP contribution is -2.28. The molecule has 1 N–H and O–H groups in total. The lowest BCUT2D eigenvalue weighted by molar-refractivity contribution is 0.380. The molecule has 1 atom stereocenters. The van der Waals surface area contributed by atoms with Crippen LogP contribution < -0.4 is 5.32 Å². The summed E-state index contributed by atoms with van der Waals surface area (Å²) in [6.45, 7) is 5.21. The zero-order valence-corrected chi connectivity index (χ0v) is 12.3. The van der Waals surface area contributed by atoms with Crippen LogP contribution >= 0.6 is 0 Å². The molecule has 3 rings (SSSR count). The molecule has 0 radical (unpaired) electrons. The van der Waals surface area contributed by atoms with E-state index in [0.29, 0.717) is 12.0 Å². The molecule has 0 fully saturated rings. The lowest BCUT2D eigenvalue weighted by atomic mass is 9.91. The number of hydrogen-bond donors (Lipinski definition) is 1. The van der Waals surface area contributed by atoms with Crippen LogP contribution in [0, 0.1) is 12.8 Å². The van der Waals surface area contributed by atoms with Gasteiger partial charge in [-0.2, -0.15) is 0 Å². The molecule has 0 amide bonds. The van der Waals surface area contributed by atoms with Crippen LogP contribution in [0.3, 0.4) is 0 Å². The van der Waals surface area contributed by atoms with E-state index in [1.165, 1.54) is 29.5 Å². The quantitative estimate of drug-likeness (QED) is 0.916. The van der Waals surface area contributed by atoms with Crippen molar-refractivity contribution in [2.24, 2.45) is 5.92 Å². The molecular weight excluding hydrogens is 244 g/mol. The molecule has 0 spiro atoms. The maximum absolute atomic E-state index is 4.46. The second-order valence-electron chi connectivity index (χ2n) is 5.71. The van der Waals surface area contributed by atoms with Gasteiger partial charge in [0, 0.05) is 17.9 Å². The molecule has 1 heterocycles. The Balaban J connectivity index is 1.84. The summed E-state index contributed by atoms with van der Waals surface area (Å²) in [6.07, 6.45) is 4.37. The molecule has 1 aliphatic rings. The van der Waals surface area contributed by atoms with Gasteiger partial charge >= 0.3 is 0 Å². The molecule has 20 heavy (non-hydrogen) atoms. The minimum Gasteiger partial charge on any atom is -0.310 e. The van der Waals surface area contributed by atoms with Crippen LogP contribution in [0.2, 0.25) is 0 Å². The normalized spacial score (nSPS) is 16.1. The fourth-order valence-electron chi connectivity index (χ4n) is 3.27. The Morgan fingerprint density at radius 1 is 1.15 bits per heavy atom. The number of aryl methyl sites for hydroxylation is 1. The molecular formula is C18H22N2. The van der Waals surface area contributed by atoms with Crippen molar-refractivity contribution in [3.8, 4) is 0 Å². The number of nitrogens with one attached hydrogen (secondary N) is 1. The third-order valence-corrected chi connectivity index (χ3v) is 4.27. The molecule has 2 heteroatoms. The van der Waals surface area contributed by atoms with E-state index in [1.807, 2.05) is 13.1 Å². The maximum atomic E-state index is 4.46. The summed E-state index contributed by atoms with van der Waals surface area (Å²) in [5, 5.41) is 3.66. The number of hydrogen-bond acceptors (Lipinski definition) is 2. The first-order valence-corrected chi connectivity index (χ1v) is 7.50. The van der Waals surface area contributed by atoms with Crippen molar-refractivity contribution in [3.05, 3.63) is 65.0 Å². The van der Waals surface area contributed by atoms with Gasteiger partial charge < -0.3 is 5.32 Å². The standard InChI is InChI=1S/C18H22N2/c1-3-19-18(16-9-8-13(2)20-12-16)17-10-14-6-4-5-7-15(14)11-17/h4-9,12,17-19H,3,10-11H2,1-2H3. The van der Waals surface area contributed by atoms with Gasteiger partial charge in [-0.05, 0) is 55.0 Å². The Morgan fingerprint density at radius 3 is 2.40 bits per heavy atom. The van der Waals surface area contributed by atoms with Crippen LogP contribution in [-0.2, 0) is 12.8 Å². The highest BCUT2D eigenvalue weighted by molar-refractivity contribution is 5.34. The van der Waals surface area contributed by atoms with Crippen molar-refractivity contribution in [1.82, 2.24) is 10.3 Å².